The van der Waals surface area contributed by atoms with Crippen LogP contribution in [0.4, 0.5) is 0 Å². The maximum atomic E-state index is 11.0. The minimum absolute atomic E-state index is 0.419. The molecule has 3 nitrogen and oxygen atoms in total. The van der Waals surface area contributed by atoms with Crippen LogP contribution in [-0.2, 0) is 6.54 Å². The highest BCUT2D eigenvalue weighted by Crippen LogP contribution is 2.21. The summed E-state index contributed by atoms with van der Waals surface area (Å²) in [4.78, 5) is 11.0. The minimum Gasteiger partial charge on any atom is -0.477 e. The van der Waals surface area contributed by atoms with Crippen molar-refractivity contribution < 1.29 is 9.90 Å². The van der Waals surface area contributed by atoms with Gasteiger partial charge in [0.15, 0.2) is 0 Å². The van der Waals surface area contributed by atoms with Crippen LogP contribution in [0.5, 0.6) is 0 Å². The fraction of sp³-hybridized carbons (Fsp3) is 0.417. The molecular weight excluding hydrogens is 190 g/mol. The molecule has 1 aliphatic carbocycles. The van der Waals surface area contributed by atoms with Gasteiger partial charge in [0.2, 0.25) is 0 Å². The van der Waals surface area contributed by atoms with Gasteiger partial charge >= 0.3 is 5.97 Å². The number of rotatable bonds is 3. The summed E-state index contributed by atoms with van der Waals surface area (Å²) in [5, 5.41) is 9.07. The smallest absolute Gasteiger partial charge is 0.352 e. The summed E-state index contributed by atoms with van der Waals surface area (Å²) in [5.41, 5.74) is 2.61. The summed E-state index contributed by atoms with van der Waals surface area (Å²) in [6.07, 6.45) is 7.53. The number of carboxylic acids is 1. The van der Waals surface area contributed by atoms with Gasteiger partial charge in [0.25, 0.3) is 0 Å². The second-order valence-electron chi connectivity index (χ2n) is 4.04. The van der Waals surface area contributed by atoms with Crippen molar-refractivity contribution in [3.8, 4) is 0 Å². The van der Waals surface area contributed by atoms with E-state index in [4.69, 9.17) is 5.11 Å². The number of nitrogens with zero attached hydrogens (tertiary/aromatic N) is 1. The first-order chi connectivity index (χ1) is 7.18. The molecule has 0 atom stereocenters. The molecule has 0 radical (unpaired) electrons. The van der Waals surface area contributed by atoms with Crippen LogP contribution in [0.25, 0.3) is 0 Å². The Balaban J connectivity index is 2.24. The molecule has 0 bridgehead atoms. The van der Waals surface area contributed by atoms with Crippen molar-refractivity contribution in [2.45, 2.75) is 32.7 Å². The lowest BCUT2D eigenvalue weighted by Crippen LogP contribution is -2.10. The lowest BCUT2D eigenvalue weighted by Gasteiger charge is -2.07. The number of aryl methyl sites for hydroxylation is 1. The molecule has 0 spiro atoms. The van der Waals surface area contributed by atoms with E-state index < -0.39 is 5.97 Å². The third kappa shape index (κ3) is 1.96. The Bertz CT molecular complexity index is 415. The van der Waals surface area contributed by atoms with E-state index in [0.29, 0.717) is 5.69 Å². The summed E-state index contributed by atoms with van der Waals surface area (Å²) in [6, 6.07) is 1.86. The average Bonchev–Trinajstić information content (AvgIpc) is 2.76. The van der Waals surface area contributed by atoms with E-state index >= 15 is 0 Å². The monoisotopic (exact) mass is 205 g/mol. The molecule has 80 valence electrons. The molecule has 0 saturated heterocycles. The summed E-state index contributed by atoms with van der Waals surface area (Å²) in [5.74, 6) is -0.837. The van der Waals surface area contributed by atoms with Crippen LogP contribution in [0.1, 0.15) is 35.3 Å². The lowest BCUT2D eigenvalue weighted by atomic mass is 10.2. The zero-order valence-electron chi connectivity index (χ0n) is 8.86. The third-order valence-corrected chi connectivity index (χ3v) is 2.88. The highest BCUT2D eigenvalue weighted by Gasteiger charge is 2.14. The van der Waals surface area contributed by atoms with Crippen LogP contribution in [0, 0.1) is 6.92 Å². The molecule has 1 N–H and O–H groups in total. The molecule has 1 aromatic rings. The molecule has 1 heterocycles. The number of hydrogen-bond acceptors (Lipinski definition) is 1. The zero-order valence-corrected chi connectivity index (χ0v) is 8.86. The van der Waals surface area contributed by atoms with E-state index in [1.807, 2.05) is 23.8 Å². The molecule has 15 heavy (non-hydrogen) atoms. The Morgan fingerprint density at radius 3 is 3.00 bits per heavy atom. The second kappa shape index (κ2) is 3.93. The van der Waals surface area contributed by atoms with Gasteiger partial charge in [-0.05, 0) is 37.8 Å². The highest BCUT2D eigenvalue weighted by molar-refractivity contribution is 5.87. The minimum atomic E-state index is -0.837. The van der Waals surface area contributed by atoms with Gasteiger partial charge < -0.3 is 9.67 Å². The Morgan fingerprint density at radius 2 is 2.40 bits per heavy atom. The fourth-order valence-electron chi connectivity index (χ4n) is 2.10. The first-order valence-corrected chi connectivity index (χ1v) is 5.25. The predicted molar refractivity (Wildman–Crippen MR) is 58.1 cm³/mol. The van der Waals surface area contributed by atoms with Crippen molar-refractivity contribution in [2.24, 2.45) is 0 Å². The van der Waals surface area contributed by atoms with Gasteiger partial charge in [0.05, 0.1) is 0 Å². The summed E-state index contributed by atoms with van der Waals surface area (Å²) in [6.45, 7) is 2.57. The number of carboxylic acid groups (broad SMARTS) is 1. The molecule has 0 aliphatic heterocycles. The summed E-state index contributed by atoms with van der Waals surface area (Å²) >= 11 is 0. The molecule has 3 heteroatoms. The average molecular weight is 205 g/mol. The van der Waals surface area contributed by atoms with E-state index in [2.05, 4.69) is 6.08 Å². The van der Waals surface area contributed by atoms with E-state index in [9.17, 15) is 4.79 Å². The molecule has 0 saturated carbocycles. The number of aromatic nitrogens is 1. The molecule has 0 amide bonds. The van der Waals surface area contributed by atoms with Crippen molar-refractivity contribution in [3.05, 3.63) is 35.2 Å². The summed E-state index contributed by atoms with van der Waals surface area (Å²) in [7, 11) is 0. The van der Waals surface area contributed by atoms with E-state index in [1.54, 1.807) is 0 Å². The van der Waals surface area contributed by atoms with Crippen LogP contribution in [-0.4, -0.2) is 15.6 Å². The van der Waals surface area contributed by atoms with Crippen molar-refractivity contribution in [2.75, 3.05) is 0 Å². The fourth-order valence-corrected chi connectivity index (χ4v) is 2.10. The Morgan fingerprint density at radius 1 is 1.60 bits per heavy atom. The van der Waals surface area contributed by atoms with Crippen LogP contribution < -0.4 is 0 Å². The maximum absolute atomic E-state index is 11.0. The van der Waals surface area contributed by atoms with Crippen molar-refractivity contribution >= 4 is 5.97 Å². The van der Waals surface area contributed by atoms with Crippen LogP contribution in [0.15, 0.2) is 23.9 Å². The second-order valence-corrected chi connectivity index (χ2v) is 4.04. The molecule has 1 aliphatic rings. The molecule has 0 fully saturated rings. The van der Waals surface area contributed by atoms with Gasteiger partial charge in [-0.1, -0.05) is 11.6 Å². The first kappa shape index (κ1) is 10.0. The number of aromatic carboxylic acids is 1. The molecule has 2 rings (SSSR count). The van der Waals surface area contributed by atoms with Gasteiger partial charge in [-0.3, -0.25) is 0 Å². The lowest BCUT2D eigenvalue weighted by molar-refractivity contribution is 0.0685. The topological polar surface area (TPSA) is 42.2 Å². The van der Waals surface area contributed by atoms with Gasteiger partial charge in [0.1, 0.15) is 5.69 Å². The van der Waals surface area contributed by atoms with Gasteiger partial charge in [-0.25, -0.2) is 4.79 Å². The normalized spacial score (nSPS) is 15.4. The van der Waals surface area contributed by atoms with E-state index in [-0.39, 0.29) is 0 Å². The van der Waals surface area contributed by atoms with E-state index in [1.165, 1.54) is 12.0 Å². The molecule has 1 aromatic heterocycles. The third-order valence-electron chi connectivity index (χ3n) is 2.88. The largest absolute Gasteiger partial charge is 0.477 e. The Kier molecular flexibility index (Phi) is 2.62. The van der Waals surface area contributed by atoms with Gasteiger partial charge in [-0.2, -0.15) is 0 Å². The molecule has 0 aromatic carbocycles. The number of carbonyl (C=O) groups is 1. The van der Waals surface area contributed by atoms with Crippen LogP contribution >= 0.6 is 0 Å². The zero-order chi connectivity index (χ0) is 10.8. The number of allylic oxidation sites excluding steroid dienone is 2. The van der Waals surface area contributed by atoms with E-state index in [0.717, 1.165) is 24.9 Å². The van der Waals surface area contributed by atoms with Crippen LogP contribution in [0.2, 0.25) is 0 Å². The van der Waals surface area contributed by atoms with Gasteiger partial charge in [0, 0.05) is 12.7 Å². The quantitative estimate of drug-likeness (QED) is 0.771. The predicted octanol–water partition coefficient (Wildman–Crippen LogP) is 2.61. The van der Waals surface area contributed by atoms with Crippen molar-refractivity contribution in [3.63, 3.8) is 0 Å². The van der Waals surface area contributed by atoms with Crippen molar-refractivity contribution in [1.29, 1.82) is 0 Å². The molecular formula is C12H15NO2. The molecule has 0 unspecified atom stereocenters. The standard InChI is InChI=1S/C12H15NO2/c1-9-6-7-13(11(9)12(14)15)8-10-4-2-3-5-10/h4,6-7H,2-3,5,8H2,1H3,(H,14,15). The van der Waals surface area contributed by atoms with Crippen LogP contribution in [0.3, 0.4) is 0 Å². The Hall–Kier alpha value is -1.51. The summed E-state index contributed by atoms with van der Waals surface area (Å²) < 4.78 is 1.83. The first-order valence-electron chi connectivity index (χ1n) is 5.25. The SMILES string of the molecule is Cc1ccn(CC2=CCCC2)c1C(=O)O. The number of hydrogen-bond donors (Lipinski definition) is 1. The highest BCUT2D eigenvalue weighted by atomic mass is 16.4. The maximum Gasteiger partial charge on any atom is 0.352 e. The Labute approximate surface area is 89.0 Å². The van der Waals surface area contributed by atoms with Gasteiger partial charge in [-0.15, -0.1) is 0 Å². The van der Waals surface area contributed by atoms with Crippen molar-refractivity contribution in [1.82, 2.24) is 4.57 Å².